The van der Waals surface area contributed by atoms with Crippen molar-refractivity contribution in [3.05, 3.63) is 52.6 Å². The molecule has 36 heavy (non-hydrogen) atoms. The van der Waals surface area contributed by atoms with Crippen molar-refractivity contribution in [2.45, 2.75) is 45.3 Å². The first kappa shape index (κ1) is 25.9. The molecule has 0 saturated carbocycles. The van der Waals surface area contributed by atoms with E-state index in [-0.39, 0.29) is 18.2 Å². The molecule has 1 fully saturated rings. The van der Waals surface area contributed by atoms with E-state index in [0.29, 0.717) is 28.0 Å². The molecule has 3 aromatic heterocycles. The summed E-state index contributed by atoms with van der Waals surface area (Å²) >= 11 is 1.25. The number of pyridine rings is 1. The fourth-order valence-electron chi connectivity index (χ4n) is 4.23. The molecule has 0 unspecified atom stereocenters. The lowest BCUT2D eigenvalue weighted by molar-refractivity contribution is -0.138. The third kappa shape index (κ3) is 5.45. The number of hydrogen-bond donors (Lipinski definition) is 1. The number of carbonyl (C=O) groups excluding carboxylic acids is 1. The van der Waals surface area contributed by atoms with Gasteiger partial charge in [-0.15, -0.1) is 11.3 Å². The number of nitrogens with one attached hydrogen (secondary N) is 1. The molecule has 13 heteroatoms. The number of anilines is 1. The molecule has 2 atom stereocenters. The van der Waals surface area contributed by atoms with Crippen LogP contribution in [0.15, 0.2) is 30.7 Å². The summed E-state index contributed by atoms with van der Waals surface area (Å²) in [5.41, 5.74) is 0.396. The molecule has 1 aliphatic rings. The second-order valence-electron chi connectivity index (χ2n) is 8.79. The number of piperidine rings is 1. The van der Waals surface area contributed by atoms with E-state index in [1.54, 1.807) is 26.1 Å². The molecule has 4 rings (SSSR count). The highest BCUT2D eigenvalue weighted by Crippen LogP contribution is 2.38. The molecule has 7 nitrogen and oxygen atoms in total. The van der Waals surface area contributed by atoms with Crippen LogP contribution in [0, 0.1) is 19.8 Å². The van der Waals surface area contributed by atoms with Crippen molar-refractivity contribution >= 4 is 23.2 Å². The third-order valence-electron chi connectivity index (χ3n) is 5.95. The van der Waals surface area contributed by atoms with E-state index in [1.165, 1.54) is 11.3 Å². The maximum Gasteiger partial charge on any atom is 0.419 e. The van der Waals surface area contributed by atoms with Gasteiger partial charge in [0.15, 0.2) is 0 Å². The average molecular weight is 527 g/mol. The standard InChI is InChI=1S/C23H23F5N6OS/c1-12-5-4-6-29-17(12)19-18(33-14(3)36-19)20(35)34-11-22(24,25)7-13(2)16(34)10-32-21-30-8-15(9-31-21)23(26,27)28/h4-6,8-9,13,16H,7,10-11H2,1-3H3,(H,30,31,32)/t13-,16-/m1/s1. The van der Waals surface area contributed by atoms with Gasteiger partial charge in [0.05, 0.1) is 33.7 Å². The van der Waals surface area contributed by atoms with Gasteiger partial charge in [-0.2, -0.15) is 13.2 Å². The second-order valence-corrected chi connectivity index (χ2v) is 9.99. The zero-order valence-electron chi connectivity index (χ0n) is 19.6. The molecule has 1 saturated heterocycles. The minimum atomic E-state index is -4.58. The summed E-state index contributed by atoms with van der Waals surface area (Å²) in [7, 11) is 0. The lowest BCUT2D eigenvalue weighted by Gasteiger charge is -2.43. The second kappa shape index (κ2) is 9.68. The van der Waals surface area contributed by atoms with Crippen molar-refractivity contribution in [1.29, 1.82) is 0 Å². The number of nitrogens with zero attached hydrogens (tertiary/aromatic N) is 5. The average Bonchev–Trinajstić information content (AvgIpc) is 3.18. The van der Waals surface area contributed by atoms with E-state index in [1.807, 2.05) is 13.0 Å². The first-order valence-corrected chi connectivity index (χ1v) is 11.9. The fourth-order valence-corrected chi connectivity index (χ4v) is 5.20. The summed E-state index contributed by atoms with van der Waals surface area (Å²) in [4.78, 5) is 31.3. The van der Waals surface area contributed by atoms with Crippen molar-refractivity contribution in [3.63, 3.8) is 0 Å². The summed E-state index contributed by atoms with van der Waals surface area (Å²) in [5, 5.41) is 3.38. The highest BCUT2D eigenvalue weighted by atomic mass is 32.1. The molecule has 192 valence electrons. The quantitative estimate of drug-likeness (QED) is 0.459. The molecule has 1 aliphatic heterocycles. The molecule has 3 aromatic rings. The van der Waals surface area contributed by atoms with Crippen LogP contribution in [0.2, 0.25) is 0 Å². The molecular weight excluding hydrogens is 503 g/mol. The minimum absolute atomic E-state index is 0.0323. The topological polar surface area (TPSA) is 83.9 Å². The van der Waals surface area contributed by atoms with E-state index in [0.717, 1.165) is 10.5 Å². The summed E-state index contributed by atoms with van der Waals surface area (Å²) in [6.07, 6.45) is -2.17. The predicted octanol–water partition coefficient (Wildman–Crippen LogP) is 5.23. The normalized spacial score (nSPS) is 19.8. The Morgan fingerprint density at radius 1 is 1.22 bits per heavy atom. The molecule has 0 aliphatic carbocycles. The Morgan fingerprint density at radius 3 is 2.56 bits per heavy atom. The molecule has 0 spiro atoms. The van der Waals surface area contributed by atoms with Crippen molar-refractivity contribution in [1.82, 2.24) is 24.8 Å². The number of carbonyl (C=O) groups is 1. The molecule has 1 amide bonds. The number of hydrogen-bond acceptors (Lipinski definition) is 7. The van der Waals surface area contributed by atoms with E-state index >= 15 is 0 Å². The highest BCUT2D eigenvalue weighted by Gasteiger charge is 2.47. The number of likely N-dealkylation sites (tertiary alicyclic amines) is 1. The van der Waals surface area contributed by atoms with Crippen LogP contribution in [-0.2, 0) is 6.18 Å². The van der Waals surface area contributed by atoms with Crippen molar-refractivity contribution in [3.8, 4) is 10.6 Å². The van der Waals surface area contributed by atoms with Crippen LogP contribution in [0.1, 0.15) is 40.0 Å². The van der Waals surface area contributed by atoms with E-state index in [9.17, 15) is 26.7 Å². The van der Waals surface area contributed by atoms with Gasteiger partial charge < -0.3 is 10.2 Å². The lowest BCUT2D eigenvalue weighted by Crippen LogP contribution is -2.57. The Morgan fingerprint density at radius 2 is 1.92 bits per heavy atom. The number of alkyl halides is 5. The van der Waals surface area contributed by atoms with Gasteiger partial charge in [0.1, 0.15) is 5.69 Å². The maximum atomic E-state index is 14.6. The zero-order chi connectivity index (χ0) is 26.3. The molecule has 4 heterocycles. The summed E-state index contributed by atoms with van der Waals surface area (Å²) < 4.78 is 67.5. The summed E-state index contributed by atoms with van der Waals surface area (Å²) in [6.45, 7) is 4.31. The summed E-state index contributed by atoms with van der Waals surface area (Å²) in [5.74, 6) is -4.50. The molecule has 0 aromatic carbocycles. The monoisotopic (exact) mass is 526 g/mol. The number of thiazole rings is 1. The van der Waals surface area contributed by atoms with Crippen LogP contribution in [0.4, 0.5) is 27.9 Å². The number of aryl methyl sites for hydroxylation is 2. The van der Waals surface area contributed by atoms with E-state index < -0.39 is 48.5 Å². The Kier molecular flexibility index (Phi) is 6.95. The van der Waals surface area contributed by atoms with Crippen molar-refractivity contribution in [2.24, 2.45) is 5.92 Å². The largest absolute Gasteiger partial charge is 0.419 e. The fraction of sp³-hybridized carbons (Fsp3) is 0.435. The molecular formula is C23H23F5N6OS. The minimum Gasteiger partial charge on any atom is -0.352 e. The Balaban J connectivity index is 1.62. The van der Waals surface area contributed by atoms with Gasteiger partial charge in [0.2, 0.25) is 5.95 Å². The van der Waals surface area contributed by atoms with Crippen LogP contribution in [0.25, 0.3) is 10.6 Å². The van der Waals surface area contributed by atoms with Crippen molar-refractivity contribution in [2.75, 3.05) is 18.4 Å². The number of rotatable bonds is 5. The SMILES string of the molecule is Cc1nc(C(=O)N2CC(F)(F)C[C@@H](C)[C@H]2CNc2ncc(C(F)(F)F)cn2)c(-c2ncccc2C)s1. The smallest absolute Gasteiger partial charge is 0.352 e. The molecule has 1 N–H and O–H groups in total. The Bertz CT molecular complexity index is 1250. The highest BCUT2D eigenvalue weighted by molar-refractivity contribution is 7.15. The Hall–Kier alpha value is -3.22. The van der Waals surface area contributed by atoms with Gasteiger partial charge in [-0.1, -0.05) is 13.0 Å². The van der Waals surface area contributed by atoms with Crippen molar-refractivity contribution < 1.29 is 26.7 Å². The first-order valence-electron chi connectivity index (χ1n) is 11.1. The van der Waals surface area contributed by atoms with Gasteiger partial charge in [0.25, 0.3) is 11.8 Å². The van der Waals surface area contributed by atoms with Crippen LogP contribution in [-0.4, -0.2) is 55.8 Å². The van der Waals surface area contributed by atoms with E-state index in [4.69, 9.17) is 0 Å². The van der Waals surface area contributed by atoms with Crippen LogP contribution in [0.5, 0.6) is 0 Å². The summed E-state index contributed by atoms with van der Waals surface area (Å²) in [6, 6.07) is 2.88. The first-order chi connectivity index (χ1) is 16.9. The van der Waals surface area contributed by atoms with Crippen LogP contribution in [0.3, 0.4) is 0 Å². The number of aromatic nitrogens is 4. The van der Waals surface area contributed by atoms with Gasteiger partial charge in [-0.25, -0.2) is 23.7 Å². The zero-order valence-corrected chi connectivity index (χ0v) is 20.4. The van der Waals surface area contributed by atoms with Crippen LogP contribution >= 0.6 is 11.3 Å². The van der Waals surface area contributed by atoms with Gasteiger partial charge in [-0.05, 0) is 31.4 Å². The molecule has 0 bridgehead atoms. The van der Waals surface area contributed by atoms with Gasteiger partial charge in [-0.3, -0.25) is 9.78 Å². The number of halogens is 5. The predicted molar refractivity (Wildman–Crippen MR) is 124 cm³/mol. The van der Waals surface area contributed by atoms with E-state index in [2.05, 4.69) is 25.3 Å². The Labute approximate surface area is 207 Å². The lowest BCUT2D eigenvalue weighted by atomic mass is 9.88. The van der Waals surface area contributed by atoms with Gasteiger partial charge >= 0.3 is 6.18 Å². The maximum absolute atomic E-state index is 14.6. The third-order valence-corrected chi connectivity index (χ3v) is 6.93. The number of amides is 1. The van der Waals surface area contributed by atoms with Gasteiger partial charge in [0, 0.05) is 31.6 Å². The van der Waals surface area contributed by atoms with Crippen LogP contribution < -0.4 is 5.32 Å². The molecule has 0 radical (unpaired) electrons.